The monoisotopic (exact) mass is 217 g/mol. The van der Waals surface area contributed by atoms with Crippen molar-refractivity contribution in [1.29, 1.82) is 0 Å². The van der Waals surface area contributed by atoms with Crippen LogP contribution < -0.4 is 11.1 Å². The Morgan fingerprint density at radius 2 is 2.12 bits per heavy atom. The maximum atomic E-state index is 5.72. The number of nitrogens with one attached hydrogen (secondary N) is 1. The molecule has 0 aliphatic heterocycles. The summed E-state index contributed by atoms with van der Waals surface area (Å²) in [6.07, 6.45) is 0. The van der Waals surface area contributed by atoms with Crippen molar-refractivity contribution in [2.75, 3.05) is 11.1 Å². The molecule has 0 amide bonds. The van der Waals surface area contributed by atoms with Gasteiger partial charge in [-0.2, -0.15) is 0 Å². The molecule has 2 rings (SSSR count). The van der Waals surface area contributed by atoms with E-state index in [0.29, 0.717) is 6.54 Å². The molecule has 0 aliphatic rings. The predicted octanol–water partition coefficient (Wildman–Crippen LogP) is 2.49. The van der Waals surface area contributed by atoms with Crippen LogP contribution in [-0.4, -0.2) is 5.16 Å². The number of nitrogens with two attached hydrogens (primary N) is 1. The second kappa shape index (κ2) is 4.26. The molecule has 0 bridgehead atoms. The summed E-state index contributed by atoms with van der Waals surface area (Å²) in [5, 5.41) is 7.10. The molecule has 4 heteroatoms. The Kier molecular flexibility index (Phi) is 2.81. The molecule has 2 aromatic rings. The standard InChI is InChI=1S/C12H15N3O/c1-8-3-4-10(13)6-12(8)14-7-11-5-9(2)15-16-11/h3-6,14H,7,13H2,1-2H3. The van der Waals surface area contributed by atoms with Gasteiger partial charge in [-0.05, 0) is 31.5 Å². The summed E-state index contributed by atoms with van der Waals surface area (Å²) in [6.45, 7) is 4.55. The van der Waals surface area contributed by atoms with Gasteiger partial charge in [-0.15, -0.1) is 0 Å². The minimum Gasteiger partial charge on any atom is -0.399 e. The zero-order chi connectivity index (χ0) is 11.5. The van der Waals surface area contributed by atoms with Crippen LogP contribution in [0.3, 0.4) is 0 Å². The van der Waals surface area contributed by atoms with Crippen molar-refractivity contribution in [3.8, 4) is 0 Å². The molecule has 1 aromatic heterocycles. The Hall–Kier alpha value is -1.97. The van der Waals surface area contributed by atoms with Gasteiger partial charge in [0.25, 0.3) is 0 Å². The van der Waals surface area contributed by atoms with Gasteiger partial charge in [0.15, 0.2) is 5.76 Å². The van der Waals surface area contributed by atoms with Crippen molar-refractivity contribution in [3.05, 3.63) is 41.3 Å². The highest BCUT2D eigenvalue weighted by Gasteiger charge is 2.02. The third-order valence-electron chi connectivity index (χ3n) is 2.39. The molecular weight excluding hydrogens is 202 g/mol. The summed E-state index contributed by atoms with van der Waals surface area (Å²) >= 11 is 0. The summed E-state index contributed by atoms with van der Waals surface area (Å²) in [5.41, 5.74) is 9.55. The smallest absolute Gasteiger partial charge is 0.156 e. The zero-order valence-corrected chi connectivity index (χ0v) is 9.45. The minimum absolute atomic E-state index is 0.616. The van der Waals surface area contributed by atoms with E-state index in [1.165, 1.54) is 0 Å². The zero-order valence-electron chi connectivity index (χ0n) is 9.45. The van der Waals surface area contributed by atoms with E-state index < -0.39 is 0 Å². The van der Waals surface area contributed by atoms with Crippen LogP contribution >= 0.6 is 0 Å². The first-order valence-corrected chi connectivity index (χ1v) is 5.17. The van der Waals surface area contributed by atoms with Gasteiger partial charge >= 0.3 is 0 Å². The normalized spacial score (nSPS) is 10.4. The average Bonchev–Trinajstić information content (AvgIpc) is 2.66. The van der Waals surface area contributed by atoms with Gasteiger partial charge in [-0.3, -0.25) is 0 Å². The summed E-state index contributed by atoms with van der Waals surface area (Å²) in [7, 11) is 0. The maximum absolute atomic E-state index is 5.72. The van der Waals surface area contributed by atoms with Crippen LogP contribution in [0.2, 0.25) is 0 Å². The molecule has 84 valence electrons. The number of nitrogen functional groups attached to an aromatic ring is 1. The van der Waals surface area contributed by atoms with Crippen molar-refractivity contribution in [2.24, 2.45) is 0 Å². The van der Waals surface area contributed by atoms with Gasteiger partial charge in [0.05, 0.1) is 12.2 Å². The lowest BCUT2D eigenvalue weighted by atomic mass is 10.2. The fraction of sp³-hybridized carbons (Fsp3) is 0.250. The molecule has 0 fully saturated rings. The lowest BCUT2D eigenvalue weighted by molar-refractivity contribution is 0.384. The fourth-order valence-corrected chi connectivity index (χ4v) is 1.51. The molecule has 4 nitrogen and oxygen atoms in total. The van der Waals surface area contributed by atoms with E-state index in [2.05, 4.69) is 10.5 Å². The van der Waals surface area contributed by atoms with Crippen molar-refractivity contribution in [2.45, 2.75) is 20.4 Å². The lowest BCUT2D eigenvalue weighted by Crippen LogP contribution is -2.00. The molecule has 0 unspecified atom stereocenters. The molecular formula is C12H15N3O. The Morgan fingerprint density at radius 3 is 2.81 bits per heavy atom. The number of anilines is 2. The van der Waals surface area contributed by atoms with Gasteiger partial charge in [0.2, 0.25) is 0 Å². The summed E-state index contributed by atoms with van der Waals surface area (Å²) in [4.78, 5) is 0. The molecule has 0 radical (unpaired) electrons. The second-order valence-electron chi connectivity index (χ2n) is 3.86. The number of hydrogen-bond donors (Lipinski definition) is 2. The first-order valence-electron chi connectivity index (χ1n) is 5.17. The van der Waals surface area contributed by atoms with Crippen LogP contribution in [0.15, 0.2) is 28.8 Å². The van der Waals surface area contributed by atoms with Crippen LogP contribution in [-0.2, 0) is 6.54 Å². The highest BCUT2D eigenvalue weighted by atomic mass is 16.5. The highest BCUT2D eigenvalue weighted by Crippen LogP contribution is 2.19. The van der Waals surface area contributed by atoms with Gasteiger partial charge in [0.1, 0.15) is 0 Å². The molecule has 0 saturated carbocycles. The summed E-state index contributed by atoms with van der Waals surface area (Å²) < 4.78 is 5.11. The van der Waals surface area contributed by atoms with E-state index in [1.807, 2.05) is 38.1 Å². The lowest BCUT2D eigenvalue weighted by Gasteiger charge is -2.08. The maximum Gasteiger partial charge on any atom is 0.156 e. The first kappa shape index (κ1) is 10.5. The van der Waals surface area contributed by atoms with Crippen LogP contribution in [0.1, 0.15) is 17.0 Å². The number of hydrogen-bond acceptors (Lipinski definition) is 4. The SMILES string of the molecule is Cc1cc(CNc2cc(N)ccc2C)on1. The molecule has 3 N–H and O–H groups in total. The molecule has 0 atom stereocenters. The van der Waals surface area contributed by atoms with Gasteiger partial charge in [0, 0.05) is 17.4 Å². The molecule has 0 saturated heterocycles. The Morgan fingerprint density at radius 1 is 1.31 bits per heavy atom. The number of aromatic nitrogens is 1. The molecule has 0 aliphatic carbocycles. The van der Waals surface area contributed by atoms with E-state index in [1.54, 1.807) is 0 Å². The Labute approximate surface area is 94.4 Å². The molecule has 1 aromatic carbocycles. The molecule has 0 spiro atoms. The van der Waals surface area contributed by atoms with E-state index in [-0.39, 0.29) is 0 Å². The van der Waals surface area contributed by atoms with Crippen LogP contribution in [0.4, 0.5) is 11.4 Å². The number of benzene rings is 1. The minimum atomic E-state index is 0.616. The molecule has 1 heterocycles. The topological polar surface area (TPSA) is 64.1 Å². The average molecular weight is 217 g/mol. The van der Waals surface area contributed by atoms with Crippen molar-refractivity contribution in [1.82, 2.24) is 5.16 Å². The third kappa shape index (κ3) is 2.34. The van der Waals surface area contributed by atoms with Gasteiger partial charge < -0.3 is 15.6 Å². The van der Waals surface area contributed by atoms with E-state index in [4.69, 9.17) is 10.3 Å². The quantitative estimate of drug-likeness (QED) is 0.775. The number of rotatable bonds is 3. The van der Waals surface area contributed by atoms with Crippen LogP contribution in [0.25, 0.3) is 0 Å². The number of aryl methyl sites for hydroxylation is 2. The van der Waals surface area contributed by atoms with Gasteiger partial charge in [-0.1, -0.05) is 11.2 Å². The predicted molar refractivity (Wildman–Crippen MR) is 64.2 cm³/mol. The van der Waals surface area contributed by atoms with Crippen LogP contribution in [0, 0.1) is 13.8 Å². The van der Waals surface area contributed by atoms with Crippen molar-refractivity contribution < 1.29 is 4.52 Å². The highest BCUT2D eigenvalue weighted by molar-refractivity contribution is 5.59. The van der Waals surface area contributed by atoms with Crippen molar-refractivity contribution in [3.63, 3.8) is 0 Å². The van der Waals surface area contributed by atoms with E-state index >= 15 is 0 Å². The largest absolute Gasteiger partial charge is 0.399 e. The van der Waals surface area contributed by atoms with Crippen LogP contribution in [0.5, 0.6) is 0 Å². The third-order valence-corrected chi connectivity index (χ3v) is 2.39. The van der Waals surface area contributed by atoms with Gasteiger partial charge in [-0.25, -0.2) is 0 Å². The second-order valence-corrected chi connectivity index (χ2v) is 3.86. The van der Waals surface area contributed by atoms with E-state index in [9.17, 15) is 0 Å². The Bertz CT molecular complexity index is 491. The number of nitrogens with zero attached hydrogens (tertiary/aromatic N) is 1. The Balaban J connectivity index is 2.07. The van der Waals surface area contributed by atoms with Crippen molar-refractivity contribution >= 4 is 11.4 Å². The van der Waals surface area contributed by atoms with E-state index in [0.717, 1.165) is 28.4 Å². The summed E-state index contributed by atoms with van der Waals surface area (Å²) in [5.74, 6) is 0.819. The summed E-state index contributed by atoms with van der Waals surface area (Å²) in [6, 6.07) is 7.70. The molecule has 16 heavy (non-hydrogen) atoms. The fourth-order valence-electron chi connectivity index (χ4n) is 1.51. The first-order chi connectivity index (χ1) is 7.65.